The first-order valence-electron chi connectivity index (χ1n) is 10.2. The van der Waals surface area contributed by atoms with Crippen molar-refractivity contribution in [1.82, 2.24) is 15.3 Å². The second-order valence-electron chi connectivity index (χ2n) is 7.06. The number of aromatic nitrogens is 1. The molecule has 0 radical (unpaired) electrons. The van der Waals surface area contributed by atoms with E-state index >= 15 is 0 Å². The average molecular weight is 493 g/mol. The summed E-state index contributed by atoms with van der Waals surface area (Å²) in [6.45, 7) is 1.22. The smallest absolute Gasteiger partial charge is 0.323 e. The van der Waals surface area contributed by atoms with Crippen LogP contribution in [-0.2, 0) is 4.74 Å². The van der Waals surface area contributed by atoms with Crippen molar-refractivity contribution >= 4 is 36.1 Å². The Hall–Kier alpha value is -3.74. The van der Waals surface area contributed by atoms with Crippen LogP contribution in [0.15, 0.2) is 47.6 Å². The Morgan fingerprint density at radius 2 is 2.12 bits per heavy atom. The topological polar surface area (TPSA) is 122 Å². The zero-order chi connectivity index (χ0) is 24.7. The van der Waals surface area contributed by atoms with E-state index in [9.17, 15) is 23.7 Å². The van der Waals surface area contributed by atoms with Gasteiger partial charge in [-0.15, -0.1) is 5.10 Å². The van der Waals surface area contributed by atoms with E-state index in [1.165, 1.54) is 17.0 Å². The number of carbonyl (C=O) groups is 1. The number of hydrazone groups is 1. The molecule has 4 rings (SSSR count). The van der Waals surface area contributed by atoms with Crippen LogP contribution in [0.3, 0.4) is 0 Å². The highest BCUT2D eigenvalue weighted by Gasteiger charge is 2.30. The Kier molecular flexibility index (Phi) is 8.35. The fraction of sp³-hybridized carbons (Fsp3) is 0.286. The molecule has 0 spiro atoms. The van der Waals surface area contributed by atoms with Crippen LogP contribution in [0.4, 0.5) is 25.1 Å². The Morgan fingerprint density at radius 3 is 2.79 bits per heavy atom. The quantitative estimate of drug-likeness (QED) is 0.341. The van der Waals surface area contributed by atoms with Crippen molar-refractivity contribution in [2.24, 2.45) is 5.10 Å². The van der Waals surface area contributed by atoms with Gasteiger partial charge in [0.2, 0.25) is 11.7 Å². The summed E-state index contributed by atoms with van der Waals surface area (Å²) < 4.78 is 33.1. The number of rotatable bonds is 4. The third-order valence-corrected chi connectivity index (χ3v) is 4.88. The van der Waals surface area contributed by atoms with Gasteiger partial charge in [0.15, 0.2) is 0 Å². The lowest BCUT2D eigenvalue weighted by Gasteiger charge is -2.18. The van der Waals surface area contributed by atoms with E-state index in [1.807, 2.05) is 6.08 Å². The van der Waals surface area contributed by atoms with Gasteiger partial charge in [-0.3, -0.25) is 15.4 Å². The number of likely N-dealkylation sites (tertiary alicyclic amines) is 1. The second kappa shape index (κ2) is 11.4. The number of pyridine rings is 1. The number of halogens is 2. The summed E-state index contributed by atoms with van der Waals surface area (Å²) in [4.78, 5) is 28.9. The van der Waals surface area contributed by atoms with E-state index in [2.05, 4.69) is 33.5 Å². The molecule has 2 amide bonds. The summed E-state index contributed by atoms with van der Waals surface area (Å²) in [6, 6.07) is 4.63. The van der Waals surface area contributed by atoms with Crippen molar-refractivity contribution in [3.05, 3.63) is 64.2 Å². The number of benzene rings is 1. The van der Waals surface area contributed by atoms with Crippen LogP contribution in [0.1, 0.15) is 6.42 Å². The van der Waals surface area contributed by atoms with Crippen LogP contribution in [0.5, 0.6) is 0 Å². The fourth-order valence-electron chi connectivity index (χ4n) is 3.34. The minimum atomic E-state index is -0.877. The molecule has 1 saturated heterocycles. The van der Waals surface area contributed by atoms with Gasteiger partial charge in [0.25, 0.3) is 0 Å². The summed E-state index contributed by atoms with van der Waals surface area (Å²) in [5.74, 6) is -1.57. The number of thiol groups is 1. The van der Waals surface area contributed by atoms with Gasteiger partial charge in [-0.05, 0) is 30.5 Å². The van der Waals surface area contributed by atoms with E-state index in [1.54, 1.807) is 12.3 Å². The summed E-state index contributed by atoms with van der Waals surface area (Å²) in [5, 5.41) is 17.8. The molecule has 1 aromatic carbocycles. The highest BCUT2D eigenvalue weighted by atomic mass is 32.1. The van der Waals surface area contributed by atoms with Crippen molar-refractivity contribution in [3.8, 4) is 11.3 Å². The highest BCUT2D eigenvalue weighted by Crippen LogP contribution is 2.29. The Labute approximate surface area is 199 Å². The summed E-state index contributed by atoms with van der Waals surface area (Å²) in [5.41, 5.74) is 2.29. The zero-order valence-corrected chi connectivity index (χ0v) is 19.0. The number of ether oxygens (including phenoxy) is 1. The van der Waals surface area contributed by atoms with Gasteiger partial charge in [-0.25, -0.2) is 18.6 Å². The molecule has 0 aliphatic carbocycles. The Bertz CT molecular complexity index is 1130. The van der Waals surface area contributed by atoms with Crippen LogP contribution in [-0.4, -0.2) is 58.7 Å². The number of nitrogens with zero attached hydrogens (tertiary/aromatic N) is 4. The molecule has 0 saturated carbocycles. The number of nitro groups is 1. The van der Waals surface area contributed by atoms with E-state index < -0.39 is 28.3 Å². The molecule has 13 heteroatoms. The Balaban J connectivity index is 0.00000158. The molecule has 180 valence electrons. The number of hydrogen-bond donors (Lipinski definition) is 3. The maximum atomic E-state index is 14.1. The second-order valence-corrected chi connectivity index (χ2v) is 7.06. The van der Waals surface area contributed by atoms with Crippen molar-refractivity contribution in [2.45, 2.75) is 12.5 Å². The minimum Gasteiger partial charge on any atom is -0.471 e. The first kappa shape index (κ1) is 24.9. The van der Waals surface area contributed by atoms with Gasteiger partial charge < -0.3 is 15.1 Å². The number of carbonyl (C=O) groups excluding carboxylic acids is 1. The predicted octanol–water partition coefficient (Wildman–Crippen LogP) is 3.58. The van der Waals surface area contributed by atoms with Crippen LogP contribution >= 0.6 is 12.6 Å². The van der Waals surface area contributed by atoms with Crippen molar-refractivity contribution < 1.29 is 23.2 Å². The van der Waals surface area contributed by atoms with E-state index in [-0.39, 0.29) is 29.7 Å². The summed E-state index contributed by atoms with van der Waals surface area (Å²) in [7, 11) is 0. The number of amides is 2. The number of hydrogen-bond acceptors (Lipinski definition) is 8. The summed E-state index contributed by atoms with van der Waals surface area (Å²) in [6.07, 6.45) is 5.54. The fourth-order valence-corrected chi connectivity index (χ4v) is 3.34. The lowest BCUT2D eigenvalue weighted by molar-refractivity contribution is -0.384. The lowest BCUT2D eigenvalue weighted by Crippen LogP contribution is -2.35. The molecule has 1 fully saturated rings. The van der Waals surface area contributed by atoms with Gasteiger partial charge in [-0.1, -0.05) is 6.08 Å². The van der Waals surface area contributed by atoms with Crippen molar-refractivity contribution in [3.63, 3.8) is 0 Å². The molecule has 2 aromatic rings. The van der Waals surface area contributed by atoms with Gasteiger partial charge in [0.05, 0.1) is 23.7 Å². The molecule has 2 aliphatic heterocycles. The first-order valence-corrected chi connectivity index (χ1v) is 11.1. The van der Waals surface area contributed by atoms with Crippen molar-refractivity contribution in [2.75, 3.05) is 31.2 Å². The number of urea groups is 1. The SMILES string of the molecule is CS.O=C(Nc1nc(-c2ccc(F)cc2F)ccc1[N+](=O)[O-])N1CCC(OC2=NNCC=C2)C1. The van der Waals surface area contributed by atoms with E-state index in [0.29, 0.717) is 31.5 Å². The van der Waals surface area contributed by atoms with Gasteiger partial charge in [0.1, 0.15) is 17.7 Å². The minimum absolute atomic E-state index is 0.0145. The van der Waals surface area contributed by atoms with Crippen molar-refractivity contribution in [1.29, 1.82) is 0 Å². The standard InChI is InChI=1S/C20H18F2N6O4.CH4S/c21-12-3-4-14(15(22)10-12)16-5-6-17(28(30)31)19(24-16)25-20(29)27-9-7-13(11-27)32-18-2-1-8-23-26-18;1-2/h1-6,10,13,23H,7-9,11H2,(H,24,25,29);2H,1H3. The van der Waals surface area contributed by atoms with Gasteiger partial charge >= 0.3 is 11.7 Å². The zero-order valence-electron chi connectivity index (χ0n) is 18.1. The number of nitrogens with one attached hydrogen (secondary N) is 2. The van der Waals surface area contributed by atoms with Crippen LogP contribution < -0.4 is 10.7 Å². The molecular formula is C21H22F2N6O4S. The maximum absolute atomic E-state index is 14.1. The molecule has 34 heavy (non-hydrogen) atoms. The first-order chi connectivity index (χ1) is 16.4. The molecule has 1 unspecified atom stereocenters. The third-order valence-electron chi connectivity index (χ3n) is 4.88. The molecule has 10 nitrogen and oxygen atoms in total. The maximum Gasteiger partial charge on any atom is 0.323 e. The molecule has 0 bridgehead atoms. The largest absolute Gasteiger partial charge is 0.471 e. The third kappa shape index (κ3) is 5.98. The van der Waals surface area contributed by atoms with Gasteiger partial charge in [0, 0.05) is 30.7 Å². The van der Waals surface area contributed by atoms with Crippen LogP contribution in [0.2, 0.25) is 0 Å². The number of anilines is 1. The highest BCUT2D eigenvalue weighted by molar-refractivity contribution is 7.79. The predicted molar refractivity (Wildman–Crippen MR) is 126 cm³/mol. The molecule has 2 aliphatic rings. The van der Waals surface area contributed by atoms with E-state index in [0.717, 1.165) is 12.1 Å². The molecular weight excluding hydrogens is 470 g/mol. The lowest BCUT2D eigenvalue weighted by atomic mass is 10.1. The van der Waals surface area contributed by atoms with Gasteiger partial charge in [-0.2, -0.15) is 12.6 Å². The monoisotopic (exact) mass is 492 g/mol. The van der Waals surface area contributed by atoms with Crippen LogP contribution in [0, 0.1) is 21.7 Å². The molecule has 2 N–H and O–H groups in total. The van der Waals surface area contributed by atoms with E-state index in [4.69, 9.17) is 4.74 Å². The molecule has 1 atom stereocenters. The molecule has 3 heterocycles. The Morgan fingerprint density at radius 1 is 1.32 bits per heavy atom. The average Bonchev–Trinajstić information content (AvgIpc) is 3.29. The summed E-state index contributed by atoms with van der Waals surface area (Å²) >= 11 is 3.53. The normalized spacial score (nSPS) is 16.6. The molecule has 1 aromatic heterocycles. The van der Waals surface area contributed by atoms with Crippen LogP contribution in [0.25, 0.3) is 11.3 Å².